The van der Waals surface area contributed by atoms with Gasteiger partial charge >= 0.3 is 0 Å². The second-order valence-corrected chi connectivity index (χ2v) is 5.02. The zero-order chi connectivity index (χ0) is 13.5. The first-order valence-electron chi connectivity index (χ1n) is 7.10. The summed E-state index contributed by atoms with van der Waals surface area (Å²) in [5.41, 5.74) is 2.32. The van der Waals surface area contributed by atoms with Gasteiger partial charge in [-0.25, -0.2) is 4.39 Å². The predicted octanol–water partition coefficient (Wildman–Crippen LogP) is 4.09. The van der Waals surface area contributed by atoms with E-state index < -0.39 is 0 Å². The Kier molecular flexibility index (Phi) is 6.34. The van der Waals surface area contributed by atoms with Gasteiger partial charge in [0.2, 0.25) is 0 Å². The van der Waals surface area contributed by atoms with Crippen LogP contribution < -0.4 is 5.32 Å². The highest BCUT2D eigenvalue weighted by Gasteiger charge is 2.18. The van der Waals surface area contributed by atoms with E-state index in [4.69, 9.17) is 0 Å². The van der Waals surface area contributed by atoms with E-state index in [2.05, 4.69) is 33.0 Å². The van der Waals surface area contributed by atoms with Crippen molar-refractivity contribution in [3.63, 3.8) is 0 Å². The summed E-state index contributed by atoms with van der Waals surface area (Å²) in [6, 6.07) is 5.55. The molecule has 0 bridgehead atoms. The third-order valence-electron chi connectivity index (χ3n) is 3.84. The lowest BCUT2D eigenvalue weighted by atomic mass is 9.88. The van der Waals surface area contributed by atoms with E-state index in [-0.39, 0.29) is 5.82 Å². The van der Waals surface area contributed by atoms with Crippen LogP contribution in [0.2, 0.25) is 0 Å². The number of aryl methyl sites for hydroxylation is 1. The fraction of sp³-hybridized carbons (Fsp3) is 0.625. The number of rotatable bonds is 7. The van der Waals surface area contributed by atoms with Crippen LogP contribution in [-0.4, -0.2) is 12.6 Å². The van der Waals surface area contributed by atoms with Crippen molar-refractivity contribution in [1.82, 2.24) is 5.32 Å². The van der Waals surface area contributed by atoms with Crippen LogP contribution >= 0.6 is 0 Å². The molecule has 0 aliphatic rings. The van der Waals surface area contributed by atoms with E-state index in [0.717, 1.165) is 18.5 Å². The van der Waals surface area contributed by atoms with Gasteiger partial charge in [-0.15, -0.1) is 0 Å². The van der Waals surface area contributed by atoms with Crippen LogP contribution in [0.4, 0.5) is 4.39 Å². The normalized spacial score (nSPS) is 13.0. The van der Waals surface area contributed by atoms with Gasteiger partial charge in [-0.05, 0) is 49.1 Å². The van der Waals surface area contributed by atoms with Gasteiger partial charge in [-0.2, -0.15) is 0 Å². The molecule has 0 amide bonds. The zero-order valence-electron chi connectivity index (χ0n) is 12.1. The molecule has 1 unspecified atom stereocenters. The maximum Gasteiger partial charge on any atom is 0.123 e. The molecule has 0 aliphatic carbocycles. The lowest BCUT2D eigenvalue weighted by molar-refractivity contribution is 0.336. The minimum absolute atomic E-state index is 0.129. The largest absolute Gasteiger partial charge is 0.314 e. The summed E-state index contributed by atoms with van der Waals surface area (Å²) in [7, 11) is 0. The molecule has 0 saturated carbocycles. The Bertz CT molecular complexity index is 358. The van der Waals surface area contributed by atoms with Gasteiger partial charge in [0.05, 0.1) is 0 Å². The molecule has 1 aromatic carbocycles. The lowest BCUT2D eigenvalue weighted by Gasteiger charge is -2.27. The molecule has 1 aromatic rings. The Hall–Kier alpha value is -0.890. The van der Waals surface area contributed by atoms with Crippen molar-refractivity contribution in [2.45, 2.75) is 53.0 Å². The highest BCUT2D eigenvalue weighted by Crippen LogP contribution is 2.20. The van der Waals surface area contributed by atoms with E-state index in [9.17, 15) is 4.39 Å². The van der Waals surface area contributed by atoms with Crippen molar-refractivity contribution in [2.75, 3.05) is 6.54 Å². The molecule has 0 saturated heterocycles. The lowest BCUT2D eigenvalue weighted by Crippen LogP contribution is -2.37. The average molecular weight is 251 g/mol. The molecule has 1 rings (SSSR count). The Morgan fingerprint density at radius 2 is 1.83 bits per heavy atom. The van der Waals surface area contributed by atoms with Gasteiger partial charge in [0.15, 0.2) is 0 Å². The third-order valence-corrected chi connectivity index (χ3v) is 3.84. The summed E-state index contributed by atoms with van der Waals surface area (Å²) in [4.78, 5) is 0. The molecule has 0 fully saturated rings. The van der Waals surface area contributed by atoms with Crippen molar-refractivity contribution in [3.05, 3.63) is 35.1 Å². The smallest absolute Gasteiger partial charge is 0.123 e. The summed E-state index contributed by atoms with van der Waals surface area (Å²) < 4.78 is 13.3. The molecule has 2 heteroatoms. The molecule has 0 aliphatic heterocycles. The van der Waals surface area contributed by atoms with Crippen molar-refractivity contribution in [1.29, 1.82) is 0 Å². The first kappa shape index (κ1) is 15.2. The Morgan fingerprint density at radius 1 is 1.17 bits per heavy atom. The third kappa shape index (κ3) is 4.09. The maximum absolute atomic E-state index is 13.3. The van der Waals surface area contributed by atoms with Gasteiger partial charge in [-0.1, -0.05) is 39.7 Å². The van der Waals surface area contributed by atoms with Gasteiger partial charge < -0.3 is 5.32 Å². The topological polar surface area (TPSA) is 12.0 Å². The van der Waals surface area contributed by atoms with Crippen LogP contribution in [0.1, 0.15) is 44.7 Å². The van der Waals surface area contributed by atoms with Gasteiger partial charge in [0.1, 0.15) is 5.82 Å². The van der Waals surface area contributed by atoms with Crippen molar-refractivity contribution in [3.8, 4) is 0 Å². The molecule has 1 N–H and O–H groups in total. The Balaban J connectivity index is 2.85. The van der Waals surface area contributed by atoms with E-state index in [0.29, 0.717) is 12.0 Å². The monoisotopic (exact) mass is 251 g/mol. The molecule has 1 nitrogen and oxygen atoms in total. The van der Waals surface area contributed by atoms with Crippen LogP contribution in [0, 0.1) is 18.7 Å². The number of likely N-dealkylation sites (N-methyl/N-ethyl adjacent to an activating group) is 1. The van der Waals surface area contributed by atoms with Crippen LogP contribution in [0.3, 0.4) is 0 Å². The van der Waals surface area contributed by atoms with Crippen molar-refractivity contribution >= 4 is 0 Å². The fourth-order valence-electron chi connectivity index (χ4n) is 2.62. The van der Waals surface area contributed by atoms with Gasteiger partial charge in [0, 0.05) is 6.04 Å². The van der Waals surface area contributed by atoms with Crippen LogP contribution in [0.5, 0.6) is 0 Å². The Labute approximate surface area is 111 Å². The molecule has 0 spiro atoms. The highest BCUT2D eigenvalue weighted by atomic mass is 19.1. The second-order valence-electron chi connectivity index (χ2n) is 5.02. The quantitative estimate of drug-likeness (QED) is 0.769. The van der Waals surface area contributed by atoms with Crippen LogP contribution in [-0.2, 0) is 6.42 Å². The molecule has 0 aromatic heterocycles. The number of nitrogens with one attached hydrogen (secondary N) is 1. The van der Waals surface area contributed by atoms with E-state index in [1.54, 1.807) is 6.07 Å². The molecule has 18 heavy (non-hydrogen) atoms. The standard InChI is InChI=1S/C16H26FN/c1-5-13(6-2)16(18-7-3)11-14-10-15(17)9-8-12(14)4/h8-10,13,16,18H,5-7,11H2,1-4H3. The molecule has 1 atom stereocenters. The van der Waals surface area contributed by atoms with E-state index in [1.807, 2.05) is 6.07 Å². The average Bonchev–Trinajstić information content (AvgIpc) is 2.35. The molecular weight excluding hydrogens is 225 g/mol. The molecule has 0 radical (unpaired) electrons. The predicted molar refractivity (Wildman–Crippen MR) is 76.4 cm³/mol. The summed E-state index contributed by atoms with van der Waals surface area (Å²) >= 11 is 0. The number of halogens is 1. The van der Waals surface area contributed by atoms with E-state index >= 15 is 0 Å². The molecule has 102 valence electrons. The first-order valence-corrected chi connectivity index (χ1v) is 7.10. The summed E-state index contributed by atoms with van der Waals surface area (Å²) in [5, 5.41) is 3.56. The SMILES string of the molecule is CCNC(Cc1cc(F)ccc1C)C(CC)CC. The minimum Gasteiger partial charge on any atom is -0.314 e. The van der Waals surface area contributed by atoms with Crippen LogP contribution in [0.25, 0.3) is 0 Å². The fourth-order valence-corrected chi connectivity index (χ4v) is 2.62. The number of benzene rings is 1. The summed E-state index contributed by atoms with van der Waals surface area (Å²) in [5.74, 6) is 0.531. The Morgan fingerprint density at radius 3 is 2.39 bits per heavy atom. The number of hydrogen-bond acceptors (Lipinski definition) is 1. The van der Waals surface area contributed by atoms with Crippen LogP contribution in [0.15, 0.2) is 18.2 Å². The molecular formula is C16H26FN. The molecule has 0 heterocycles. The summed E-state index contributed by atoms with van der Waals surface area (Å²) in [6.07, 6.45) is 3.26. The van der Waals surface area contributed by atoms with Crippen molar-refractivity contribution < 1.29 is 4.39 Å². The van der Waals surface area contributed by atoms with Gasteiger partial charge in [-0.3, -0.25) is 0 Å². The minimum atomic E-state index is -0.129. The van der Waals surface area contributed by atoms with E-state index in [1.165, 1.54) is 24.5 Å². The highest BCUT2D eigenvalue weighted by molar-refractivity contribution is 5.27. The number of hydrogen-bond donors (Lipinski definition) is 1. The first-order chi connectivity index (χ1) is 8.62. The second kappa shape index (κ2) is 7.52. The van der Waals surface area contributed by atoms with Crippen molar-refractivity contribution in [2.24, 2.45) is 5.92 Å². The van der Waals surface area contributed by atoms with Gasteiger partial charge in [0.25, 0.3) is 0 Å². The zero-order valence-corrected chi connectivity index (χ0v) is 12.1. The summed E-state index contributed by atoms with van der Waals surface area (Å²) in [6.45, 7) is 9.63. The maximum atomic E-state index is 13.3.